The number of carbonyl (C=O) groups is 1. The molecule has 0 aromatic carbocycles. The van der Waals surface area contributed by atoms with E-state index < -0.39 is 10.9 Å². The normalized spacial score (nSPS) is 10.1. The van der Waals surface area contributed by atoms with Crippen LogP contribution >= 0.6 is 0 Å². The summed E-state index contributed by atoms with van der Waals surface area (Å²) in [7, 11) is 0. The molecule has 0 unspecified atom stereocenters. The van der Waals surface area contributed by atoms with Crippen molar-refractivity contribution in [2.45, 2.75) is 26.8 Å². The number of aromatic nitrogens is 2. The predicted molar refractivity (Wildman–Crippen MR) is 55.1 cm³/mol. The van der Waals surface area contributed by atoms with Crippen molar-refractivity contribution in [2.75, 3.05) is 6.61 Å². The van der Waals surface area contributed by atoms with E-state index in [0.717, 1.165) is 6.42 Å². The van der Waals surface area contributed by atoms with Gasteiger partial charge in [-0.25, -0.2) is 4.79 Å². The SMILES string of the molecule is CCCn1cc([N+](=O)[O-])c(C(=O)OCC)n1. The molecule has 1 aromatic heterocycles. The highest BCUT2D eigenvalue weighted by molar-refractivity contribution is 5.91. The molecular formula is C9H13N3O4. The van der Waals surface area contributed by atoms with Gasteiger partial charge in [0.05, 0.1) is 11.5 Å². The van der Waals surface area contributed by atoms with Crippen molar-refractivity contribution in [3.05, 3.63) is 22.0 Å². The molecule has 0 N–H and O–H groups in total. The Morgan fingerprint density at radius 2 is 2.31 bits per heavy atom. The van der Waals surface area contributed by atoms with Crippen LogP contribution in [0.15, 0.2) is 6.20 Å². The second kappa shape index (κ2) is 5.24. The van der Waals surface area contributed by atoms with Crippen molar-refractivity contribution in [3.8, 4) is 0 Å². The highest BCUT2D eigenvalue weighted by Gasteiger charge is 2.26. The monoisotopic (exact) mass is 227 g/mol. The van der Waals surface area contributed by atoms with Gasteiger partial charge in [0.2, 0.25) is 5.69 Å². The van der Waals surface area contributed by atoms with Crippen molar-refractivity contribution >= 4 is 11.7 Å². The zero-order valence-electron chi connectivity index (χ0n) is 9.17. The number of nitro groups is 1. The Morgan fingerprint density at radius 1 is 1.62 bits per heavy atom. The second-order valence-corrected chi connectivity index (χ2v) is 3.10. The van der Waals surface area contributed by atoms with Gasteiger partial charge in [0, 0.05) is 6.54 Å². The quantitative estimate of drug-likeness (QED) is 0.430. The zero-order valence-corrected chi connectivity index (χ0v) is 9.17. The van der Waals surface area contributed by atoms with Gasteiger partial charge in [-0.2, -0.15) is 5.10 Å². The lowest BCUT2D eigenvalue weighted by molar-refractivity contribution is -0.385. The van der Waals surface area contributed by atoms with Crippen LogP contribution in [0.2, 0.25) is 0 Å². The Morgan fingerprint density at radius 3 is 2.81 bits per heavy atom. The fraction of sp³-hybridized carbons (Fsp3) is 0.556. The molecule has 16 heavy (non-hydrogen) atoms. The van der Waals surface area contributed by atoms with Gasteiger partial charge in [-0.15, -0.1) is 0 Å². The van der Waals surface area contributed by atoms with Crippen molar-refractivity contribution in [1.82, 2.24) is 9.78 Å². The standard InChI is InChI=1S/C9H13N3O4/c1-3-5-11-6-7(12(14)15)8(10-11)9(13)16-4-2/h6H,3-5H2,1-2H3. The molecule has 0 amide bonds. The van der Waals surface area contributed by atoms with E-state index in [2.05, 4.69) is 5.10 Å². The first-order valence-electron chi connectivity index (χ1n) is 4.99. The lowest BCUT2D eigenvalue weighted by Gasteiger charge is -1.97. The molecule has 88 valence electrons. The van der Waals surface area contributed by atoms with Crippen LogP contribution in [0.3, 0.4) is 0 Å². The average Bonchev–Trinajstić information content (AvgIpc) is 2.63. The topological polar surface area (TPSA) is 87.3 Å². The Kier molecular flexibility index (Phi) is 3.98. The molecule has 0 saturated carbocycles. The van der Waals surface area contributed by atoms with Gasteiger partial charge >= 0.3 is 11.7 Å². The molecule has 0 saturated heterocycles. The van der Waals surface area contributed by atoms with Gasteiger partial charge in [-0.1, -0.05) is 6.92 Å². The summed E-state index contributed by atoms with van der Waals surface area (Å²) < 4.78 is 6.07. The molecule has 0 radical (unpaired) electrons. The van der Waals surface area contributed by atoms with Crippen LogP contribution in [0.5, 0.6) is 0 Å². The van der Waals surface area contributed by atoms with Crippen LogP contribution < -0.4 is 0 Å². The first-order valence-corrected chi connectivity index (χ1v) is 4.99. The fourth-order valence-electron chi connectivity index (χ4n) is 1.23. The number of hydrogen-bond acceptors (Lipinski definition) is 5. The molecule has 0 fully saturated rings. The van der Waals surface area contributed by atoms with Crippen LogP contribution in [0.25, 0.3) is 0 Å². The largest absolute Gasteiger partial charge is 0.461 e. The van der Waals surface area contributed by atoms with E-state index in [1.807, 2.05) is 6.92 Å². The number of nitrogens with zero attached hydrogens (tertiary/aromatic N) is 3. The number of ether oxygens (including phenoxy) is 1. The molecule has 0 aliphatic heterocycles. The number of hydrogen-bond donors (Lipinski definition) is 0. The Balaban J connectivity index is 3.04. The van der Waals surface area contributed by atoms with Crippen LogP contribution in [0.1, 0.15) is 30.8 Å². The third-order valence-electron chi connectivity index (χ3n) is 1.86. The summed E-state index contributed by atoms with van der Waals surface area (Å²) in [6.45, 7) is 4.24. The van der Waals surface area contributed by atoms with Gasteiger partial charge in [0.1, 0.15) is 6.20 Å². The van der Waals surface area contributed by atoms with Crippen molar-refractivity contribution in [3.63, 3.8) is 0 Å². The molecule has 0 atom stereocenters. The van der Waals surface area contributed by atoms with E-state index >= 15 is 0 Å². The minimum Gasteiger partial charge on any atom is -0.461 e. The summed E-state index contributed by atoms with van der Waals surface area (Å²) in [6.07, 6.45) is 2.02. The first-order chi connectivity index (χ1) is 7.60. The molecular weight excluding hydrogens is 214 g/mol. The van der Waals surface area contributed by atoms with E-state index in [4.69, 9.17) is 4.74 Å². The van der Waals surface area contributed by atoms with Crippen molar-refractivity contribution < 1.29 is 14.5 Å². The number of esters is 1. The van der Waals surface area contributed by atoms with E-state index in [-0.39, 0.29) is 18.0 Å². The van der Waals surface area contributed by atoms with Crippen LogP contribution in [-0.4, -0.2) is 27.3 Å². The van der Waals surface area contributed by atoms with Gasteiger partial charge in [0.15, 0.2) is 0 Å². The van der Waals surface area contributed by atoms with Crippen molar-refractivity contribution in [2.24, 2.45) is 0 Å². The summed E-state index contributed by atoms with van der Waals surface area (Å²) in [5, 5.41) is 14.5. The van der Waals surface area contributed by atoms with Crippen LogP contribution in [0, 0.1) is 10.1 Å². The first kappa shape index (κ1) is 12.2. The highest BCUT2D eigenvalue weighted by Crippen LogP contribution is 2.17. The predicted octanol–water partition coefficient (Wildman–Crippen LogP) is 1.38. The average molecular weight is 227 g/mol. The molecule has 1 heterocycles. The molecule has 0 spiro atoms. The van der Waals surface area contributed by atoms with E-state index in [1.54, 1.807) is 6.92 Å². The fourth-order valence-corrected chi connectivity index (χ4v) is 1.23. The third-order valence-corrected chi connectivity index (χ3v) is 1.86. The van der Waals surface area contributed by atoms with E-state index in [1.165, 1.54) is 10.9 Å². The van der Waals surface area contributed by atoms with Crippen molar-refractivity contribution in [1.29, 1.82) is 0 Å². The smallest absolute Gasteiger partial charge is 0.366 e. The molecule has 7 nitrogen and oxygen atoms in total. The minimum atomic E-state index is -0.760. The second-order valence-electron chi connectivity index (χ2n) is 3.10. The van der Waals surface area contributed by atoms with Gasteiger partial charge in [0.25, 0.3) is 0 Å². The Bertz CT molecular complexity index is 399. The number of carbonyl (C=O) groups excluding carboxylic acids is 1. The summed E-state index contributed by atoms with van der Waals surface area (Å²) in [4.78, 5) is 21.4. The van der Waals surface area contributed by atoms with Gasteiger partial charge in [-0.05, 0) is 13.3 Å². The molecule has 0 bridgehead atoms. The Labute approximate surface area is 92.2 Å². The van der Waals surface area contributed by atoms with E-state index in [9.17, 15) is 14.9 Å². The lowest BCUT2D eigenvalue weighted by Crippen LogP contribution is -2.08. The zero-order chi connectivity index (χ0) is 12.1. The summed E-state index contributed by atoms with van der Waals surface area (Å²) in [5.41, 5.74) is -0.549. The third kappa shape index (κ3) is 2.56. The van der Waals surface area contributed by atoms with E-state index in [0.29, 0.717) is 6.54 Å². The van der Waals surface area contributed by atoms with Crippen LogP contribution in [-0.2, 0) is 11.3 Å². The highest BCUT2D eigenvalue weighted by atomic mass is 16.6. The summed E-state index contributed by atoms with van der Waals surface area (Å²) in [6, 6.07) is 0. The lowest BCUT2D eigenvalue weighted by atomic mass is 10.4. The molecule has 7 heteroatoms. The van der Waals surface area contributed by atoms with Gasteiger partial charge in [-0.3, -0.25) is 14.8 Å². The molecule has 0 aliphatic carbocycles. The Hall–Kier alpha value is -1.92. The summed E-state index contributed by atoms with van der Waals surface area (Å²) in [5.74, 6) is -0.760. The molecule has 1 rings (SSSR count). The number of aryl methyl sites for hydroxylation is 1. The summed E-state index contributed by atoms with van der Waals surface area (Å²) >= 11 is 0. The maximum absolute atomic E-state index is 11.4. The molecule has 0 aliphatic rings. The van der Waals surface area contributed by atoms with Gasteiger partial charge < -0.3 is 4.74 Å². The minimum absolute atomic E-state index is 0.163. The number of rotatable bonds is 5. The maximum atomic E-state index is 11.4. The molecule has 1 aromatic rings. The maximum Gasteiger partial charge on any atom is 0.366 e. The van der Waals surface area contributed by atoms with Crippen LogP contribution in [0.4, 0.5) is 5.69 Å².